The predicted molar refractivity (Wildman–Crippen MR) is 54.8 cm³/mol. The van der Waals surface area contributed by atoms with Crippen LogP contribution in [0.2, 0.25) is 0 Å². The molecule has 1 amide bonds. The summed E-state index contributed by atoms with van der Waals surface area (Å²) < 4.78 is 0. The van der Waals surface area contributed by atoms with Crippen molar-refractivity contribution in [3.8, 4) is 0 Å². The number of hydrogen-bond acceptors (Lipinski definition) is 7. The molecule has 0 aliphatic rings. The largest absolute Gasteiger partial charge is 0.394 e. The highest BCUT2D eigenvalue weighted by atomic mass is 16.3. The highest BCUT2D eigenvalue weighted by Crippen LogP contribution is 2.08. The van der Waals surface area contributed by atoms with E-state index in [4.69, 9.17) is 28.0 Å². The summed E-state index contributed by atoms with van der Waals surface area (Å²) in [4.78, 5) is 34.2. The van der Waals surface area contributed by atoms with E-state index in [0.717, 1.165) is 0 Å². The molecule has 0 fully saturated rings. The second kappa shape index (κ2) is 5.12. The highest BCUT2D eigenvalue weighted by molar-refractivity contribution is 6.30. The Balaban J connectivity index is 5.36. The first-order valence-corrected chi connectivity index (χ1v) is 4.49. The molecule has 0 saturated carbocycles. The summed E-state index contributed by atoms with van der Waals surface area (Å²) in [5, 5.41) is 8.67. The van der Waals surface area contributed by atoms with Crippen LogP contribution in [0.4, 0.5) is 0 Å². The molecule has 8 nitrogen and oxygen atoms in total. The molecular formula is C8H16N4O4. The van der Waals surface area contributed by atoms with Crippen LogP contribution in [0.25, 0.3) is 0 Å². The molecule has 0 aromatic rings. The highest BCUT2D eigenvalue weighted by Gasteiger charge is 2.50. The summed E-state index contributed by atoms with van der Waals surface area (Å²) in [6.07, 6.45) is 0. The Hall–Kier alpha value is -1.35. The fourth-order valence-electron chi connectivity index (χ4n) is 1.10. The molecule has 8 heteroatoms. The van der Waals surface area contributed by atoms with Crippen molar-refractivity contribution >= 4 is 17.5 Å². The number of primary amides is 1. The van der Waals surface area contributed by atoms with E-state index in [9.17, 15) is 14.4 Å². The van der Waals surface area contributed by atoms with Crippen molar-refractivity contribution < 1.29 is 19.5 Å². The summed E-state index contributed by atoms with van der Waals surface area (Å²) in [5.74, 6) is -3.53. The van der Waals surface area contributed by atoms with Gasteiger partial charge in [0.2, 0.25) is 5.54 Å². The second-order valence-corrected chi connectivity index (χ2v) is 3.48. The summed E-state index contributed by atoms with van der Waals surface area (Å²) in [7, 11) is 0. The number of aliphatic hydroxyl groups is 1. The Labute approximate surface area is 91.9 Å². The molecule has 9 N–H and O–H groups in total. The van der Waals surface area contributed by atoms with Crippen LogP contribution >= 0.6 is 0 Å². The van der Waals surface area contributed by atoms with Crippen molar-refractivity contribution in [1.82, 2.24) is 0 Å². The molecule has 3 unspecified atom stereocenters. The number of hydrogen-bond donors (Lipinski definition) is 5. The zero-order valence-electron chi connectivity index (χ0n) is 8.84. The zero-order valence-corrected chi connectivity index (χ0v) is 8.84. The zero-order chi connectivity index (χ0) is 13.1. The van der Waals surface area contributed by atoms with Gasteiger partial charge >= 0.3 is 0 Å². The monoisotopic (exact) mass is 232 g/mol. The SMILES string of the molecule is CC(N)C(=O)C(N)(C(N)=O)C(=O)C(N)CO. The first-order chi connectivity index (χ1) is 7.19. The molecule has 3 atom stereocenters. The quantitative estimate of drug-likeness (QED) is 0.289. The van der Waals surface area contributed by atoms with E-state index in [0.29, 0.717) is 0 Å². The van der Waals surface area contributed by atoms with Crippen molar-refractivity contribution in [2.24, 2.45) is 22.9 Å². The van der Waals surface area contributed by atoms with Gasteiger partial charge in [0, 0.05) is 0 Å². The van der Waals surface area contributed by atoms with Crippen molar-refractivity contribution in [2.75, 3.05) is 6.61 Å². The van der Waals surface area contributed by atoms with Crippen LogP contribution in [0.15, 0.2) is 0 Å². The van der Waals surface area contributed by atoms with Gasteiger partial charge in [0.1, 0.15) is 0 Å². The standard InChI is InChI=1S/C8H16N4O4/c1-3(9)5(14)8(12,7(11)16)6(15)4(10)2-13/h3-4,13H,2,9-10,12H2,1H3,(H2,11,16). The van der Waals surface area contributed by atoms with Crippen molar-refractivity contribution in [3.05, 3.63) is 0 Å². The van der Waals surface area contributed by atoms with Gasteiger partial charge in [0.25, 0.3) is 5.91 Å². The van der Waals surface area contributed by atoms with Gasteiger partial charge in [-0.3, -0.25) is 14.4 Å². The number of Topliss-reactive ketones (excluding diaryl/α,β-unsaturated/α-hetero) is 2. The van der Waals surface area contributed by atoms with Gasteiger partial charge in [0.05, 0.1) is 18.7 Å². The molecule has 92 valence electrons. The van der Waals surface area contributed by atoms with Crippen LogP contribution in [-0.4, -0.2) is 46.8 Å². The molecule has 0 aliphatic carbocycles. The molecule has 0 aliphatic heterocycles. The molecule has 0 spiro atoms. The maximum absolute atomic E-state index is 11.6. The van der Waals surface area contributed by atoms with E-state index in [2.05, 4.69) is 0 Å². The lowest BCUT2D eigenvalue weighted by Crippen LogP contribution is -2.70. The Morgan fingerprint density at radius 2 is 1.69 bits per heavy atom. The van der Waals surface area contributed by atoms with Gasteiger partial charge in [-0.05, 0) is 6.92 Å². The maximum atomic E-state index is 11.6. The fourth-order valence-corrected chi connectivity index (χ4v) is 1.10. The smallest absolute Gasteiger partial charge is 0.253 e. The number of carbonyl (C=O) groups is 3. The van der Waals surface area contributed by atoms with Crippen LogP contribution in [0.1, 0.15) is 6.92 Å². The number of aliphatic hydroxyl groups excluding tert-OH is 1. The minimum Gasteiger partial charge on any atom is -0.394 e. The van der Waals surface area contributed by atoms with Gasteiger partial charge in [-0.25, -0.2) is 0 Å². The van der Waals surface area contributed by atoms with Crippen LogP contribution in [0, 0.1) is 0 Å². The number of rotatable bonds is 6. The Morgan fingerprint density at radius 3 is 1.94 bits per heavy atom. The summed E-state index contributed by atoms with van der Waals surface area (Å²) in [5.41, 5.74) is 18.1. The van der Waals surface area contributed by atoms with E-state index >= 15 is 0 Å². The molecule has 0 aromatic heterocycles. The molecule has 0 bridgehead atoms. The van der Waals surface area contributed by atoms with Crippen LogP contribution in [0.5, 0.6) is 0 Å². The molecule has 0 heterocycles. The minimum atomic E-state index is -2.59. The normalized spacial score (nSPS) is 18.3. The van der Waals surface area contributed by atoms with Crippen molar-refractivity contribution in [1.29, 1.82) is 0 Å². The van der Waals surface area contributed by atoms with E-state index in [1.54, 1.807) is 0 Å². The maximum Gasteiger partial charge on any atom is 0.253 e. The number of nitrogens with two attached hydrogens (primary N) is 4. The first kappa shape index (κ1) is 14.6. The van der Waals surface area contributed by atoms with Crippen LogP contribution in [0.3, 0.4) is 0 Å². The molecule has 0 saturated heterocycles. The predicted octanol–water partition coefficient (Wildman–Crippen LogP) is -4.03. The average Bonchev–Trinajstić information content (AvgIpc) is 2.24. The van der Waals surface area contributed by atoms with Crippen LogP contribution in [-0.2, 0) is 14.4 Å². The number of amides is 1. The third-order valence-corrected chi connectivity index (χ3v) is 2.11. The number of carbonyl (C=O) groups excluding carboxylic acids is 3. The molecular weight excluding hydrogens is 216 g/mol. The number of ketones is 2. The van der Waals surface area contributed by atoms with Gasteiger partial charge in [-0.2, -0.15) is 0 Å². The van der Waals surface area contributed by atoms with Gasteiger partial charge < -0.3 is 28.0 Å². The molecule has 0 radical (unpaired) electrons. The van der Waals surface area contributed by atoms with E-state index in [1.165, 1.54) is 6.92 Å². The van der Waals surface area contributed by atoms with E-state index < -0.39 is 41.7 Å². The third-order valence-electron chi connectivity index (χ3n) is 2.11. The van der Waals surface area contributed by atoms with Gasteiger partial charge in [0.15, 0.2) is 11.6 Å². The van der Waals surface area contributed by atoms with Crippen molar-refractivity contribution in [2.45, 2.75) is 24.5 Å². The topological polar surface area (TPSA) is 176 Å². The van der Waals surface area contributed by atoms with Crippen LogP contribution < -0.4 is 22.9 Å². The van der Waals surface area contributed by atoms with E-state index in [1.807, 2.05) is 0 Å². The Morgan fingerprint density at radius 1 is 1.25 bits per heavy atom. The molecule has 0 rings (SSSR count). The Bertz CT molecular complexity index is 317. The Kier molecular flexibility index (Phi) is 4.69. The second-order valence-electron chi connectivity index (χ2n) is 3.48. The van der Waals surface area contributed by atoms with Gasteiger partial charge in [-0.15, -0.1) is 0 Å². The lowest BCUT2D eigenvalue weighted by molar-refractivity contribution is -0.143. The molecule has 0 aromatic carbocycles. The minimum absolute atomic E-state index is 0.753. The summed E-state index contributed by atoms with van der Waals surface area (Å²) in [6, 6.07) is -2.60. The van der Waals surface area contributed by atoms with Crippen molar-refractivity contribution in [3.63, 3.8) is 0 Å². The molecule has 16 heavy (non-hydrogen) atoms. The lowest BCUT2D eigenvalue weighted by Gasteiger charge is -2.26. The van der Waals surface area contributed by atoms with E-state index in [-0.39, 0.29) is 0 Å². The lowest BCUT2D eigenvalue weighted by atomic mass is 9.83. The fraction of sp³-hybridized carbons (Fsp3) is 0.625. The average molecular weight is 232 g/mol. The van der Waals surface area contributed by atoms with Gasteiger partial charge in [-0.1, -0.05) is 0 Å². The summed E-state index contributed by atoms with van der Waals surface area (Å²) in [6.45, 7) is 0.502. The summed E-state index contributed by atoms with van der Waals surface area (Å²) >= 11 is 0. The first-order valence-electron chi connectivity index (χ1n) is 4.49. The third kappa shape index (κ3) is 2.42.